The molecule has 0 atom stereocenters. The standard InChI is InChI=1S/C24H26N2O5S/c1-4-15-31-22-9-6-8-19(17-22)25-24(27)18-7-5-10-23(16-18)32(28,29)26(2)20-11-13-21(30-3)14-12-20/h5-14,16-17H,4,15H2,1-3H3,(H,25,27). The van der Waals surface area contributed by atoms with Crippen molar-refractivity contribution < 1.29 is 22.7 Å². The van der Waals surface area contributed by atoms with Crippen molar-refractivity contribution in [2.24, 2.45) is 0 Å². The summed E-state index contributed by atoms with van der Waals surface area (Å²) in [6.07, 6.45) is 0.878. The van der Waals surface area contributed by atoms with Crippen molar-refractivity contribution in [3.63, 3.8) is 0 Å². The Kier molecular flexibility index (Phi) is 7.37. The molecule has 0 aliphatic carbocycles. The van der Waals surface area contributed by atoms with Crippen molar-refractivity contribution in [2.75, 3.05) is 30.4 Å². The summed E-state index contributed by atoms with van der Waals surface area (Å²) in [4.78, 5) is 12.8. The molecule has 0 spiro atoms. The maximum atomic E-state index is 13.1. The highest BCUT2D eigenvalue weighted by Gasteiger charge is 2.22. The number of ether oxygens (including phenoxy) is 2. The molecule has 32 heavy (non-hydrogen) atoms. The average molecular weight is 455 g/mol. The van der Waals surface area contributed by atoms with E-state index >= 15 is 0 Å². The van der Waals surface area contributed by atoms with Gasteiger partial charge in [0.05, 0.1) is 24.3 Å². The van der Waals surface area contributed by atoms with Crippen LogP contribution in [0.15, 0.2) is 77.7 Å². The van der Waals surface area contributed by atoms with E-state index in [0.29, 0.717) is 29.5 Å². The van der Waals surface area contributed by atoms with E-state index < -0.39 is 15.9 Å². The van der Waals surface area contributed by atoms with Gasteiger partial charge in [-0.1, -0.05) is 19.1 Å². The summed E-state index contributed by atoms with van der Waals surface area (Å²) in [5, 5.41) is 2.79. The number of nitrogens with one attached hydrogen (secondary N) is 1. The molecular formula is C24H26N2O5S. The van der Waals surface area contributed by atoms with Crippen LogP contribution < -0.4 is 19.1 Å². The first-order valence-corrected chi connectivity index (χ1v) is 11.6. The van der Waals surface area contributed by atoms with Gasteiger partial charge in [-0.25, -0.2) is 8.42 Å². The highest BCUT2D eigenvalue weighted by molar-refractivity contribution is 7.92. The fourth-order valence-electron chi connectivity index (χ4n) is 2.97. The van der Waals surface area contributed by atoms with Gasteiger partial charge in [-0.3, -0.25) is 9.10 Å². The highest BCUT2D eigenvalue weighted by atomic mass is 32.2. The Morgan fingerprint density at radius 1 is 0.969 bits per heavy atom. The second-order valence-electron chi connectivity index (χ2n) is 7.03. The monoisotopic (exact) mass is 454 g/mol. The fourth-order valence-corrected chi connectivity index (χ4v) is 4.22. The van der Waals surface area contributed by atoms with Gasteiger partial charge in [-0.2, -0.15) is 0 Å². The lowest BCUT2D eigenvalue weighted by molar-refractivity contribution is 0.102. The first kappa shape index (κ1) is 23.1. The number of anilines is 2. The van der Waals surface area contributed by atoms with E-state index in [1.807, 2.05) is 13.0 Å². The molecule has 3 rings (SSSR count). The van der Waals surface area contributed by atoms with Gasteiger partial charge in [0.25, 0.3) is 15.9 Å². The van der Waals surface area contributed by atoms with Crippen LogP contribution >= 0.6 is 0 Å². The number of hydrogen-bond acceptors (Lipinski definition) is 5. The Hall–Kier alpha value is -3.52. The minimum absolute atomic E-state index is 0.0171. The van der Waals surface area contributed by atoms with Crippen LogP contribution in [0.2, 0.25) is 0 Å². The van der Waals surface area contributed by atoms with Gasteiger partial charge in [0.2, 0.25) is 0 Å². The number of methoxy groups -OCH3 is 1. The summed E-state index contributed by atoms with van der Waals surface area (Å²) < 4.78 is 38.1. The van der Waals surface area contributed by atoms with Crippen LogP contribution in [0.25, 0.3) is 0 Å². The zero-order valence-electron chi connectivity index (χ0n) is 18.2. The second kappa shape index (κ2) is 10.2. The van der Waals surface area contributed by atoms with E-state index in [2.05, 4.69) is 5.32 Å². The van der Waals surface area contributed by atoms with E-state index in [-0.39, 0.29) is 10.5 Å². The summed E-state index contributed by atoms with van der Waals surface area (Å²) in [6.45, 7) is 2.59. The van der Waals surface area contributed by atoms with Crippen LogP contribution in [-0.2, 0) is 10.0 Å². The van der Waals surface area contributed by atoms with Gasteiger partial charge in [-0.15, -0.1) is 0 Å². The Morgan fingerprint density at radius 3 is 2.38 bits per heavy atom. The van der Waals surface area contributed by atoms with Crippen molar-refractivity contribution in [3.8, 4) is 11.5 Å². The number of carbonyl (C=O) groups is 1. The topological polar surface area (TPSA) is 84.9 Å². The average Bonchev–Trinajstić information content (AvgIpc) is 2.82. The normalized spacial score (nSPS) is 11.0. The minimum atomic E-state index is -3.86. The van der Waals surface area contributed by atoms with Crippen molar-refractivity contribution >= 4 is 27.3 Å². The molecule has 0 bridgehead atoms. The predicted molar refractivity (Wildman–Crippen MR) is 125 cm³/mol. The highest BCUT2D eigenvalue weighted by Crippen LogP contribution is 2.25. The van der Waals surface area contributed by atoms with Crippen molar-refractivity contribution in [3.05, 3.63) is 78.4 Å². The molecule has 0 saturated heterocycles. The summed E-state index contributed by atoms with van der Waals surface area (Å²) in [7, 11) is -0.859. The molecule has 3 aromatic rings. The second-order valence-corrected chi connectivity index (χ2v) is 9.00. The molecule has 0 aliphatic heterocycles. The number of nitrogens with zero attached hydrogens (tertiary/aromatic N) is 1. The quantitative estimate of drug-likeness (QED) is 0.512. The van der Waals surface area contributed by atoms with E-state index in [1.165, 1.54) is 19.2 Å². The minimum Gasteiger partial charge on any atom is -0.497 e. The Labute approximate surface area is 188 Å². The smallest absolute Gasteiger partial charge is 0.264 e. The lowest BCUT2D eigenvalue weighted by Crippen LogP contribution is -2.26. The summed E-state index contributed by atoms with van der Waals surface area (Å²) in [6, 6.07) is 19.7. The van der Waals surface area contributed by atoms with Gasteiger partial charge in [-0.05, 0) is 61.0 Å². The molecule has 0 unspecified atom stereocenters. The first-order valence-electron chi connectivity index (χ1n) is 10.1. The maximum absolute atomic E-state index is 13.1. The molecule has 0 fully saturated rings. The fraction of sp³-hybridized carbons (Fsp3) is 0.208. The predicted octanol–water partition coefficient (Wildman–Crippen LogP) is 4.56. The molecule has 1 amide bonds. The molecular weight excluding hydrogens is 428 g/mol. The number of hydrogen-bond donors (Lipinski definition) is 1. The molecule has 0 saturated carbocycles. The summed E-state index contributed by atoms with van der Waals surface area (Å²) in [5.74, 6) is 0.867. The van der Waals surface area contributed by atoms with Crippen LogP contribution in [-0.4, -0.2) is 35.1 Å². The molecule has 1 N–H and O–H groups in total. The lowest BCUT2D eigenvalue weighted by Gasteiger charge is -2.20. The van der Waals surface area contributed by atoms with E-state index in [0.717, 1.165) is 10.7 Å². The van der Waals surface area contributed by atoms with Gasteiger partial charge in [0, 0.05) is 24.4 Å². The van der Waals surface area contributed by atoms with Crippen LogP contribution in [0, 0.1) is 0 Å². The Bertz CT molecular complexity index is 1180. The van der Waals surface area contributed by atoms with Crippen molar-refractivity contribution in [2.45, 2.75) is 18.2 Å². The van der Waals surface area contributed by atoms with Crippen LogP contribution in [0.1, 0.15) is 23.7 Å². The molecule has 0 aromatic heterocycles. The largest absolute Gasteiger partial charge is 0.497 e. The summed E-state index contributed by atoms with van der Waals surface area (Å²) >= 11 is 0. The van der Waals surface area contributed by atoms with E-state index in [9.17, 15) is 13.2 Å². The van der Waals surface area contributed by atoms with Gasteiger partial charge in [0.15, 0.2) is 0 Å². The number of carbonyl (C=O) groups excluding carboxylic acids is 1. The van der Waals surface area contributed by atoms with E-state index in [1.54, 1.807) is 61.7 Å². The maximum Gasteiger partial charge on any atom is 0.264 e. The molecule has 3 aromatic carbocycles. The van der Waals surface area contributed by atoms with E-state index in [4.69, 9.17) is 9.47 Å². The molecule has 7 nitrogen and oxygen atoms in total. The van der Waals surface area contributed by atoms with Crippen molar-refractivity contribution in [1.82, 2.24) is 0 Å². The molecule has 8 heteroatoms. The SMILES string of the molecule is CCCOc1cccc(NC(=O)c2cccc(S(=O)(=O)N(C)c3ccc(OC)cc3)c2)c1. The number of sulfonamides is 1. The zero-order valence-corrected chi connectivity index (χ0v) is 19.1. The molecule has 168 valence electrons. The zero-order chi connectivity index (χ0) is 23.1. The van der Waals surface area contributed by atoms with Gasteiger partial charge in [0.1, 0.15) is 11.5 Å². The number of benzene rings is 3. The molecule has 0 radical (unpaired) electrons. The van der Waals surface area contributed by atoms with Gasteiger partial charge >= 0.3 is 0 Å². The Morgan fingerprint density at radius 2 is 1.69 bits per heavy atom. The number of rotatable bonds is 9. The first-order chi connectivity index (χ1) is 15.3. The molecule has 0 heterocycles. The van der Waals surface area contributed by atoms with Crippen LogP contribution in [0.4, 0.5) is 11.4 Å². The summed E-state index contributed by atoms with van der Waals surface area (Å²) in [5.41, 5.74) is 1.27. The third kappa shape index (κ3) is 5.39. The third-order valence-corrected chi connectivity index (χ3v) is 6.54. The van der Waals surface area contributed by atoms with Crippen LogP contribution in [0.5, 0.6) is 11.5 Å². The number of amides is 1. The lowest BCUT2D eigenvalue weighted by atomic mass is 10.2. The Balaban J connectivity index is 1.80. The van der Waals surface area contributed by atoms with Gasteiger partial charge < -0.3 is 14.8 Å². The van der Waals surface area contributed by atoms with Crippen LogP contribution in [0.3, 0.4) is 0 Å². The third-order valence-electron chi connectivity index (χ3n) is 4.76. The molecule has 0 aliphatic rings. The van der Waals surface area contributed by atoms with Crippen molar-refractivity contribution in [1.29, 1.82) is 0 Å².